The van der Waals surface area contributed by atoms with Crippen LogP contribution < -0.4 is 9.64 Å². The molecule has 1 aliphatic heterocycles. The third-order valence-corrected chi connectivity index (χ3v) is 5.49. The minimum absolute atomic E-state index is 0.151. The maximum absolute atomic E-state index is 13.6. The number of nitrogens with zero attached hydrogens (tertiary/aromatic N) is 3. The fraction of sp³-hybridized carbons (Fsp3) is 0.250. The van der Waals surface area contributed by atoms with Gasteiger partial charge >= 0.3 is 5.97 Å². The third-order valence-electron chi connectivity index (χ3n) is 5.49. The number of benzene rings is 2. The van der Waals surface area contributed by atoms with Crippen molar-refractivity contribution in [3.05, 3.63) is 70.5 Å². The van der Waals surface area contributed by atoms with Crippen molar-refractivity contribution >= 4 is 23.9 Å². The molecule has 0 atom stereocenters. The van der Waals surface area contributed by atoms with E-state index in [1.54, 1.807) is 55.3 Å². The van der Waals surface area contributed by atoms with Crippen LogP contribution in [0.1, 0.15) is 49.4 Å². The highest BCUT2D eigenvalue weighted by Crippen LogP contribution is 2.30. The summed E-state index contributed by atoms with van der Waals surface area (Å²) in [6.07, 6.45) is 1.24. The lowest BCUT2D eigenvalue weighted by Gasteiger charge is -2.28. The Morgan fingerprint density at radius 3 is 2.50 bits per heavy atom. The van der Waals surface area contributed by atoms with Gasteiger partial charge in [-0.2, -0.15) is 5.10 Å². The van der Waals surface area contributed by atoms with Crippen molar-refractivity contribution in [1.29, 1.82) is 0 Å². The lowest BCUT2D eigenvalue weighted by Crippen LogP contribution is -2.39. The van der Waals surface area contributed by atoms with Crippen LogP contribution in [-0.2, 0) is 11.2 Å². The second-order valence-electron chi connectivity index (χ2n) is 7.37. The van der Waals surface area contributed by atoms with E-state index in [9.17, 15) is 14.4 Å². The van der Waals surface area contributed by atoms with Gasteiger partial charge in [0, 0.05) is 23.4 Å². The van der Waals surface area contributed by atoms with E-state index in [-0.39, 0.29) is 18.2 Å². The van der Waals surface area contributed by atoms with Crippen molar-refractivity contribution < 1.29 is 23.9 Å². The standard InChI is InChI=1S/C24H23N3O5/c1-4-32-24(30)21-20-11-12-26(18-6-5-16(14-28)15(2)13-18)23(29)22(20)27(25-21)17-7-9-19(31-3)10-8-17/h5-10,13-14H,4,11-12H2,1-3H3. The van der Waals surface area contributed by atoms with Crippen LogP contribution >= 0.6 is 0 Å². The summed E-state index contributed by atoms with van der Waals surface area (Å²) in [5, 5.41) is 4.47. The van der Waals surface area contributed by atoms with Crippen molar-refractivity contribution in [2.75, 3.05) is 25.2 Å². The zero-order chi connectivity index (χ0) is 22.8. The van der Waals surface area contributed by atoms with Gasteiger partial charge in [-0.3, -0.25) is 9.59 Å². The number of aryl methyl sites for hydroxylation is 1. The fourth-order valence-corrected chi connectivity index (χ4v) is 3.84. The number of esters is 1. The van der Waals surface area contributed by atoms with Gasteiger partial charge in [0.1, 0.15) is 17.7 Å². The monoisotopic (exact) mass is 433 g/mol. The van der Waals surface area contributed by atoms with Gasteiger partial charge in [-0.15, -0.1) is 0 Å². The van der Waals surface area contributed by atoms with Crippen molar-refractivity contribution in [1.82, 2.24) is 9.78 Å². The first-order valence-corrected chi connectivity index (χ1v) is 10.3. The molecule has 0 saturated carbocycles. The minimum atomic E-state index is -0.552. The van der Waals surface area contributed by atoms with Gasteiger partial charge in [-0.25, -0.2) is 9.48 Å². The molecule has 164 valence electrons. The quantitative estimate of drug-likeness (QED) is 0.437. The van der Waals surface area contributed by atoms with Gasteiger partial charge < -0.3 is 14.4 Å². The molecule has 0 radical (unpaired) electrons. The molecular formula is C24H23N3O5. The van der Waals surface area contributed by atoms with Gasteiger partial charge in [-0.1, -0.05) is 0 Å². The van der Waals surface area contributed by atoms with Crippen LogP contribution in [0.3, 0.4) is 0 Å². The molecule has 32 heavy (non-hydrogen) atoms. The van der Waals surface area contributed by atoms with Crippen LogP contribution in [0.25, 0.3) is 5.69 Å². The van der Waals surface area contributed by atoms with E-state index < -0.39 is 5.97 Å². The molecule has 0 fully saturated rings. The molecule has 0 saturated heterocycles. The molecule has 0 unspecified atom stereocenters. The Morgan fingerprint density at radius 1 is 1.16 bits per heavy atom. The lowest BCUT2D eigenvalue weighted by molar-refractivity contribution is 0.0517. The summed E-state index contributed by atoms with van der Waals surface area (Å²) in [5.41, 5.74) is 3.71. The lowest BCUT2D eigenvalue weighted by atomic mass is 10.0. The highest BCUT2D eigenvalue weighted by atomic mass is 16.5. The number of anilines is 1. The third kappa shape index (κ3) is 3.64. The Balaban J connectivity index is 1.82. The van der Waals surface area contributed by atoms with E-state index in [1.165, 1.54) is 4.68 Å². The summed E-state index contributed by atoms with van der Waals surface area (Å²) < 4.78 is 11.9. The van der Waals surface area contributed by atoms with Crippen LogP contribution in [0.2, 0.25) is 0 Å². The Bertz CT molecular complexity index is 1200. The van der Waals surface area contributed by atoms with Gasteiger partial charge in [0.2, 0.25) is 0 Å². The van der Waals surface area contributed by atoms with E-state index in [0.717, 1.165) is 11.8 Å². The molecule has 0 N–H and O–H groups in total. The Hall–Kier alpha value is -3.94. The molecule has 0 spiro atoms. The number of methoxy groups -OCH3 is 1. The summed E-state index contributed by atoms with van der Waals surface area (Å²) in [6.45, 7) is 4.15. The molecule has 1 aliphatic rings. The Kier molecular flexibility index (Phi) is 5.77. The molecule has 0 aliphatic carbocycles. The number of fused-ring (bicyclic) bond motifs is 1. The van der Waals surface area contributed by atoms with E-state index >= 15 is 0 Å². The first-order chi connectivity index (χ1) is 15.5. The Morgan fingerprint density at radius 2 is 1.88 bits per heavy atom. The van der Waals surface area contributed by atoms with Crippen LogP contribution in [0.15, 0.2) is 42.5 Å². The summed E-state index contributed by atoms with van der Waals surface area (Å²) in [6, 6.07) is 12.3. The minimum Gasteiger partial charge on any atom is -0.497 e. The average Bonchev–Trinajstić information content (AvgIpc) is 3.20. The average molecular weight is 433 g/mol. The number of aldehydes is 1. The zero-order valence-corrected chi connectivity index (χ0v) is 18.1. The van der Waals surface area contributed by atoms with Crippen LogP contribution in [0.4, 0.5) is 5.69 Å². The molecule has 1 aromatic heterocycles. The molecule has 2 heterocycles. The molecule has 1 amide bonds. The number of carbonyl (C=O) groups excluding carboxylic acids is 3. The largest absolute Gasteiger partial charge is 0.497 e. The number of rotatable bonds is 6. The maximum Gasteiger partial charge on any atom is 0.359 e. The first-order valence-electron chi connectivity index (χ1n) is 10.3. The number of carbonyl (C=O) groups is 3. The van der Waals surface area contributed by atoms with Crippen molar-refractivity contribution in [3.8, 4) is 11.4 Å². The van der Waals surface area contributed by atoms with E-state index in [4.69, 9.17) is 9.47 Å². The highest BCUT2D eigenvalue weighted by Gasteiger charge is 2.35. The van der Waals surface area contributed by atoms with Crippen molar-refractivity contribution in [2.24, 2.45) is 0 Å². The second-order valence-corrected chi connectivity index (χ2v) is 7.37. The van der Waals surface area contributed by atoms with Gasteiger partial charge in [0.05, 0.1) is 19.4 Å². The van der Waals surface area contributed by atoms with Crippen molar-refractivity contribution in [3.63, 3.8) is 0 Å². The molecule has 8 nitrogen and oxygen atoms in total. The van der Waals surface area contributed by atoms with Gasteiger partial charge in [0.15, 0.2) is 5.69 Å². The summed E-state index contributed by atoms with van der Waals surface area (Å²) in [4.78, 5) is 39.0. The number of aromatic nitrogens is 2. The highest BCUT2D eigenvalue weighted by molar-refractivity contribution is 6.09. The number of amides is 1. The first kappa shape index (κ1) is 21.3. The van der Waals surface area contributed by atoms with Crippen molar-refractivity contribution in [2.45, 2.75) is 20.3 Å². The SMILES string of the molecule is CCOC(=O)c1nn(-c2ccc(OC)cc2)c2c1CCN(c1ccc(C=O)c(C)c1)C2=O. The molecule has 8 heteroatoms. The second kappa shape index (κ2) is 8.66. The van der Waals surface area contributed by atoms with Gasteiger partial charge in [0.25, 0.3) is 5.91 Å². The van der Waals surface area contributed by atoms with E-state index in [1.807, 2.05) is 13.0 Å². The molecule has 3 aromatic rings. The number of hydrogen-bond donors (Lipinski definition) is 0. The molecule has 4 rings (SSSR count). The zero-order valence-electron chi connectivity index (χ0n) is 18.1. The van der Waals surface area contributed by atoms with E-state index in [2.05, 4.69) is 5.10 Å². The summed E-state index contributed by atoms with van der Waals surface area (Å²) in [5.74, 6) is -0.161. The topological polar surface area (TPSA) is 90.7 Å². The van der Waals surface area contributed by atoms with E-state index in [0.29, 0.717) is 46.9 Å². The number of hydrogen-bond acceptors (Lipinski definition) is 6. The number of ether oxygens (including phenoxy) is 2. The van der Waals surface area contributed by atoms with Gasteiger partial charge in [-0.05, 0) is 68.3 Å². The smallest absolute Gasteiger partial charge is 0.359 e. The maximum atomic E-state index is 13.6. The van der Waals surface area contributed by atoms with Crippen LogP contribution in [0, 0.1) is 6.92 Å². The van der Waals surface area contributed by atoms with Crippen LogP contribution in [0.5, 0.6) is 5.75 Å². The predicted molar refractivity (Wildman–Crippen MR) is 118 cm³/mol. The molecular weight excluding hydrogens is 410 g/mol. The summed E-state index contributed by atoms with van der Waals surface area (Å²) in [7, 11) is 1.57. The Labute approximate surface area is 185 Å². The molecule has 0 bridgehead atoms. The molecule has 2 aromatic carbocycles. The normalized spacial score (nSPS) is 13.0. The predicted octanol–water partition coefficient (Wildman–Crippen LogP) is 3.38. The summed E-state index contributed by atoms with van der Waals surface area (Å²) >= 11 is 0. The fourth-order valence-electron chi connectivity index (χ4n) is 3.84. The van der Waals surface area contributed by atoms with Crippen LogP contribution in [-0.4, -0.2) is 48.2 Å².